The number of ether oxygens (including phenoxy) is 8. The lowest BCUT2D eigenvalue weighted by atomic mass is 10.1. The molecule has 31 heavy (non-hydrogen) atoms. The standard InChI is InChI=1S/C22H41BrO8/c1-22(18-23,31-17-14-25-13-16-30-21-7-3-5-9-28-21)19-26-11-10-24-12-15-29-20-6-2-4-8-27-20/h20-21H,2-19H2,1H3. The van der Waals surface area contributed by atoms with Gasteiger partial charge in [0.2, 0.25) is 0 Å². The molecule has 0 aliphatic carbocycles. The van der Waals surface area contributed by atoms with Crippen LogP contribution in [0.4, 0.5) is 0 Å². The molecule has 0 N–H and O–H groups in total. The van der Waals surface area contributed by atoms with Gasteiger partial charge in [-0.05, 0) is 45.4 Å². The van der Waals surface area contributed by atoms with E-state index in [0.29, 0.717) is 64.8 Å². The fraction of sp³-hybridized carbons (Fsp3) is 1.00. The molecule has 2 rings (SSSR count). The van der Waals surface area contributed by atoms with Crippen molar-refractivity contribution in [2.24, 2.45) is 0 Å². The van der Waals surface area contributed by atoms with Crippen molar-refractivity contribution in [1.82, 2.24) is 0 Å². The maximum atomic E-state index is 5.95. The maximum absolute atomic E-state index is 5.95. The summed E-state index contributed by atoms with van der Waals surface area (Å²) in [6.07, 6.45) is 6.42. The van der Waals surface area contributed by atoms with Gasteiger partial charge in [-0.15, -0.1) is 0 Å². The molecule has 2 aliphatic heterocycles. The Kier molecular flexibility index (Phi) is 15.6. The van der Waals surface area contributed by atoms with Gasteiger partial charge in [0.25, 0.3) is 0 Å². The van der Waals surface area contributed by atoms with Crippen molar-refractivity contribution < 1.29 is 37.9 Å². The summed E-state index contributed by atoms with van der Waals surface area (Å²) < 4.78 is 45.1. The highest BCUT2D eigenvalue weighted by molar-refractivity contribution is 9.09. The topological polar surface area (TPSA) is 73.8 Å². The summed E-state index contributed by atoms with van der Waals surface area (Å²) in [5, 5.41) is 0.679. The Labute approximate surface area is 195 Å². The lowest BCUT2D eigenvalue weighted by Gasteiger charge is -2.27. The predicted octanol–water partition coefficient (Wildman–Crippen LogP) is 3.29. The number of hydrogen-bond acceptors (Lipinski definition) is 8. The number of rotatable bonds is 18. The number of alkyl halides is 1. The molecule has 2 heterocycles. The lowest BCUT2D eigenvalue weighted by Crippen LogP contribution is -2.38. The third-order valence-electron chi connectivity index (χ3n) is 5.08. The van der Waals surface area contributed by atoms with Crippen LogP contribution in [-0.2, 0) is 37.9 Å². The van der Waals surface area contributed by atoms with Gasteiger partial charge in [0.1, 0.15) is 0 Å². The second kappa shape index (κ2) is 17.6. The van der Waals surface area contributed by atoms with E-state index >= 15 is 0 Å². The largest absolute Gasteiger partial charge is 0.377 e. The highest BCUT2D eigenvalue weighted by atomic mass is 79.9. The van der Waals surface area contributed by atoms with E-state index in [2.05, 4.69) is 15.9 Å². The summed E-state index contributed by atoms with van der Waals surface area (Å²) in [7, 11) is 0. The Morgan fingerprint density at radius 3 is 1.74 bits per heavy atom. The van der Waals surface area contributed by atoms with Crippen molar-refractivity contribution in [2.45, 2.75) is 63.6 Å². The summed E-state index contributed by atoms with van der Waals surface area (Å²) in [6.45, 7) is 8.33. The van der Waals surface area contributed by atoms with Crippen LogP contribution in [-0.4, -0.2) is 96.2 Å². The summed E-state index contributed by atoms with van der Waals surface area (Å²) in [4.78, 5) is 0. The average molecular weight is 513 g/mol. The highest BCUT2D eigenvalue weighted by Gasteiger charge is 2.24. The van der Waals surface area contributed by atoms with Gasteiger partial charge in [0.05, 0.1) is 65.1 Å². The Morgan fingerprint density at radius 1 is 0.710 bits per heavy atom. The molecule has 184 valence electrons. The van der Waals surface area contributed by atoms with Crippen molar-refractivity contribution in [3.63, 3.8) is 0 Å². The van der Waals surface area contributed by atoms with Gasteiger partial charge in [0.15, 0.2) is 12.6 Å². The Hall–Kier alpha value is 0.160. The van der Waals surface area contributed by atoms with E-state index in [1.165, 1.54) is 12.8 Å². The quantitative estimate of drug-likeness (QED) is 0.204. The van der Waals surface area contributed by atoms with Crippen molar-refractivity contribution >= 4 is 15.9 Å². The van der Waals surface area contributed by atoms with Gasteiger partial charge in [0, 0.05) is 18.5 Å². The predicted molar refractivity (Wildman–Crippen MR) is 120 cm³/mol. The van der Waals surface area contributed by atoms with Gasteiger partial charge in [-0.25, -0.2) is 0 Å². The second-order valence-electron chi connectivity index (χ2n) is 8.04. The Balaban J connectivity index is 1.37. The lowest BCUT2D eigenvalue weighted by molar-refractivity contribution is -0.171. The molecule has 3 atom stereocenters. The van der Waals surface area contributed by atoms with E-state index in [-0.39, 0.29) is 12.6 Å². The van der Waals surface area contributed by atoms with Crippen LogP contribution >= 0.6 is 15.9 Å². The molecule has 0 aromatic heterocycles. The molecular weight excluding hydrogens is 472 g/mol. The molecule has 9 heteroatoms. The summed E-state index contributed by atoms with van der Waals surface area (Å²) in [5.74, 6) is 0. The first kappa shape index (κ1) is 27.4. The molecule has 8 nitrogen and oxygen atoms in total. The van der Waals surface area contributed by atoms with Crippen LogP contribution < -0.4 is 0 Å². The van der Waals surface area contributed by atoms with Crippen molar-refractivity contribution in [1.29, 1.82) is 0 Å². The molecule has 0 aromatic carbocycles. The molecule has 0 bridgehead atoms. The van der Waals surface area contributed by atoms with Gasteiger partial charge in [-0.1, -0.05) is 15.9 Å². The fourth-order valence-corrected chi connectivity index (χ4v) is 3.56. The fourth-order valence-electron chi connectivity index (χ4n) is 3.24. The van der Waals surface area contributed by atoms with E-state index in [1.807, 2.05) is 6.92 Å². The average Bonchev–Trinajstić information content (AvgIpc) is 2.81. The molecule has 2 saturated heterocycles. The first-order valence-electron chi connectivity index (χ1n) is 11.6. The zero-order valence-corrected chi connectivity index (χ0v) is 20.6. The normalized spacial score (nSPS) is 24.2. The van der Waals surface area contributed by atoms with Gasteiger partial charge in [-0.3, -0.25) is 0 Å². The van der Waals surface area contributed by atoms with E-state index in [9.17, 15) is 0 Å². The minimum absolute atomic E-state index is 0.0622. The summed E-state index contributed by atoms with van der Waals surface area (Å²) in [6, 6.07) is 0. The van der Waals surface area contributed by atoms with Gasteiger partial charge < -0.3 is 37.9 Å². The summed E-state index contributed by atoms with van der Waals surface area (Å²) in [5.41, 5.74) is -0.406. The van der Waals surface area contributed by atoms with Crippen LogP contribution in [0.25, 0.3) is 0 Å². The third kappa shape index (κ3) is 13.5. The monoisotopic (exact) mass is 512 g/mol. The molecule has 0 saturated carbocycles. The third-order valence-corrected chi connectivity index (χ3v) is 6.27. The first-order valence-corrected chi connectivity index (χ1v) is 12.7. The highest BCUT2D eigenvalue weighted by Crippen LogP contribution is 2.15. The van der Waals surface area contributed by atoms with Crippen LogP contribution in [0.2, 0.25) is 0 Å². The summed E-state index contributed by atoms with van der Waals surface area (Å²) >= 11 is 3.51. The molecule has 2 fully saturated rings. The molecule has 2 aliphatic rings. The molecular formula is C22H41BrO8. The van der Waals surface area contributed by atoms with Crippen LogP contribution in [0.3, 0.4) is 0 Å². The SMILES string of the molecule is CC(CBr)(COCCOCCOC1CCCCO1)OCCOCCOC1CCCCO1. The molecule has 0 amide bonds. The van der Waals surface area contributed by atoms with E-state index < -0.39 is 5.60 Å². The zero-order chi connectivity index (χ0) is 22.0. The van der Waals surface area contributed by atoms with Gasteiger partial charge in [-0.2, -0.15) is 0 Å². The molecule has 3 unspecified atom stereocenters. The van der Waals surface area contributed by atoms with Crippen molar-refractivity contribution in [3.05, 3.63) is 0 Å². The van der Waals surface area contributed by atoms with Crippen molar-refractivity contribution in [3.8, 4) is 0 Å². The maximum Gasteiger partial charge on any atom is 0.157 e. The van der Waals surface area contributed by atoms with Crippen LogP contribution in [0.5, 0.6) is 0 Å². The molecule has 0 aromatic rings. The van der Waals surface area contributed by atoms with E-state index in [1.54, 1.807) is 0 Å². The van der Waals surface area contributed by atoms with E-state index in [0.717, 1.165) is 38.9 Å². The molecule has 0 radical (unpaired) electrons. The minimum atomic E-state index is -0.406. The van der Waals surface area contributed by atoms with Crippen LogP contribution in [0, 0.1) is 0 Å². The Bertz CT molecular complexity index is 418. The van der Waals surface area contributed by atoms with Crippen LogP contribution in [0.1, 0.15) is 45.4 Å². The van der Waals surface area contributed by atoms with E-state index in [4.69, 9.17) is 37.9 Å². The number of hydrogen-bond donors (Lipinski definition) is 0. The zero-order valence-electron chi connectivity index (χ0n) is 19.0. The number of halogens is 1. The van der Waals surface area contributed by atoms with Crippen molar-refractivity contribution in [2.75, 3.05) is 78.0 Å². The van der Waals surface area contributed by atoms with Crippen LogP contribution in [0.15, 0.2) is 0 Å². The molecule has 0 spiro atoms. The first-order chi connectivity index (χ1) is 15.2. The Morgan fingerprint density at radius 2 is 1.23 bits per heavy atom. The van der Waals surface area contributed by atoms with Gasteiger partial charge >= 0.3 is 0 Å². The second-order valence-corrected chi connectivity index (χ2v) is 8.60. The minimum Gasteiger partial charge on any atom is -0.377 e. The smallest absolute Gasteiger partial charge is 0.157 e.